The van der Waals surface area contributed by atoms with Crippen molar-refractivity contribution in [1.82, 2.24) is 20.5 Å². The van der Waals surface area contributed by atoms with E-state index in [0.717, 1.165) is 25.9 Å². The number of amides is 1. The molecule has 154 valence electrons. The number of aliphatic imine (C=N–C) groups is 1. The Kier molecular flexibility index (Phi) is 7.30. The van der Waals surface area contributed by atoms with Gasteiger partial charge in [-0.3, -0.25) is 4.79 Å². The molecule has 0 saturated carbocycles. The largest absolute Gasteiger partial charge is 0.361 e. The number of H-pyrrole nitrogens is 1. The Labute approximate surface area is 176 Å². The number of benzene rings is 1. The Morgan fingerprint density at radius 1 is 1.14 bits per heavy atom. The van der Waals surface area contributed by atoms with Crippen LogP contribution >= 0.6 is 11.3 Å². The molecule has 0 bridgehead atoms. The summed E-state index contributed by atoms with van der Waals surface area (Å²) in [6.45, 7) is 3.78. The van der Waals surface area contributed by atoms with Crippen molar-refractivity contribution in [1.29, 1.82) is 0 Å². The highest BCUT2D eigenvalue weighted by atomic mass is 32.1. The van der Waals surface area contributed by atoms with E-state index in [4.69, 9.17) is 0 Å². The molecule has 2 aromatic heterocycles. The second-order valence-electron chi connectivity index (χ2n) is 7.20. The van der Waals surface area contributed by atoms with Gasteiger partial charge in [-0.2, -0.15) is 0 Å². The number of aryl methyl sites for hydroxylation is 1. The highest BCUT2D eigenvalue weighted by Crippen LogP contribution is 2.22. The molecular weight excluding hydrogens is 382 g/mol. The van der Waals surface area contributed by atoms with Crippen LogP contribution in [0.3, 0.4) is 0 Å². The van der Waals surface area contributed by atoms with Crippen molar-refractivity contribution in [2.45, 2.75) is 19.8 Å². The molecule has 29 heavy (non-hydrogen) atoms. The van der Waals surface area contributed by atoms with Crippen molar-refractivity contribution in [3.8, 4) is 0 Å². The third kappa shape index (κ3) is 5.84. The average molecular weight is 412 g/mol. The van der Waals surface area contributed by atoms with Gasteiger partial charge in [-0.05, 0) is 48.4 Å². The summed E-state index contributed by atoms with van der Waals surface area (Å²) in [6.07, 6.45) is 3.88. The maximum atomic E-state index is 11.9. The molecule has 0 radical (unpaired) electrons. The molecule has 0 aliphatic heterocycles. The van der Waals surface area contributed by atoms with E-state index in [-0.39, 0.29) is 12.5 Å². The highest BCUT2D eigenvalue weighted by Gasteiger charge is 2.08. The second kappa shape index (κ2) is 10.1. The van der Waals surface area contributed by atoms with Gasteiger partial charge in [0.1, 0.15) is 6.54 Å². The molecule has 3 aromatic rings. The number of nitrogens with zero attached hydrogens (tertiary/aromatic N) is 2. The van der Waals surface area contributed by atoms with Gasteiger partial charge in [0, 0.05) is 49.2 Å². The fourth-order valence-corrected chi connectivity index (χ4v) is 3.89. The van der Waals surface area contributed by atoms with E-state index in [1.54, 1.807) is 30.3 Å². The highest BCUT2D eigenvalue weighted by molar-refractivity contribution is 7.09. The van der Waals surface area contributed by atoms with Gasteiger partial charge >= 0.3 is 0 Å². The van der Waals surface area contributed by atoms with Gasteiger partial charge in [-0.25, -0.2) is 4.99 Å². The minimum Gasteiger partial charge on any atom is -0.361 e. The quantitative estimate of drug-likeness (QED) is 0.394. The van der Waals surface area contributed by atoms with E-state index >= 15 is 0 Å². The van der Waals surface area contributed by atoms with Gasteiger partial charge in [-0.15, -0.1) is 11.3 Å². The average Bonchev–Trinajstić information content (AvgIpc) is 3.36. The summed E-state index contributed by atoms with van der Waals surface area (Å²) in [5.41, 5.74) is 3.73. The van der Waals surface area contributed by atoms with Crippen LogP contribution < -0.4 is 10.6 Å². The molecule has 1 amide bonds. The van der Waals surface area contributed by atoms with Crippen LogP contribution in [0.15, 0.2) is 46.9 Å². The van der Waals surface area contributed by atoms with E-state index in [1.165, 1.54) is 26.9 Å². The summed E-state index contributed by atoms with van der Waals surface area (Å²) in [6, 6.07) is 10.5. The predicted octanol–water partition coefficient (Wildman–Crippen LogP) is 2.95. The number of hydrogen-bond acceptors (Lipinski definition) is 3. The van der Waals surface area contributed by atoms with Crippen molar-refractivity contribution >= 4 is 34.1 Å². The summed E-state index contributed by atoms with van der Waals surface area (Å²) >= 11 is 1.75. The lowest BCUT2D eigenvalue weighted by Crippen LogP contribution is -2.40. The Morgan fingerprint density at radius 3 is 2.66 bits per heavy atom. The number of aromatic nitrogens is 1. The number of carbonyl (C=O) groups is 1. The third-order valence-electron chi connectivity index (χ3n) is 4.80. The van der Waals surface area contributed by atoms with E-state index in [2.05, 4.69) is 69.4 Å². The van der Waals surface area contributed by atoms with Gasteiger partial charge in [0.15, 0.2) is 5.96 Å². The van der Waals surface area contributed by atoms with E-state index in [1.807, 2.05) is 0 Å². The number of guanidine groups is 1. The number of nitrogens with one attached hydrogen (secondary N) is 3. The smallest absolute Gasteiger partial charge is 0.243 e. The summed E-state index contributed by atoms with van der Waals surface area (Å²) in [5.74, 6) is 0.657. The number of rotatable bonds is 8. The van der Waals surface area contributed by atoms with Crippen molar-refractivity contribution in [2.75, 3.05) is 33.7 Å². The topological polar surface area (TPSA) is 72.5 Å². The molecule has 3 rings (SSSR count). The Bertz CT molecular complexity index is 959. The van der Waals surface area contributed by atoms with Crippen molar-refractivity contribution < 1.29 is 4.79 Å². The SMILES string of the molecule is Cc1cccc2[nH]cc(CCNC(=NCC(=O)N(C)C)NCCc3cccs3)c12. The van der Waals surface area contributed by atoms with Crippen molar-refractivity contribution in [2.24, 2.45) is 4.99 Å². The maximum Gasteiger partial charge on any atom is 0.243 e. The lowest BCUT2D eigenvalue weighted by atomic mass is 10.1. The van der Waals surface area contributed by atoms with Crippen LogP contribution in [-0.4, -0.2) is 55.5 Å². The summed E-state index contributed by atoms with van der Waals surface area (Å²) in [5, 5.41) is 10.1. The van der Waals surface area contributed by atoms with Crippen LogP contribution in [0.5, 0.6) is 0 Å². The van der Waals surface area contributed by atoms with E-state index in [0.29, 0.717) is 5.96 Å². The number of fused-ring (bicyclic) bond motifs is 1. The zero-order valence-electron chi connectivity index (χ0n) is 17.3. The fraction of sp³-hybridized carbons (Fsp3) is 0.364. The summed E-state index contributed by atoms with van der Waals surface area (Å²) in [7, 11) is 3.49. The Balaban J connectivity index is 1.58. The molecule has 3 N–H and O–H groups in total. The predicted molar refractivity (Wildman–Crippen MR) is 122 cm³/mol. The zero-order valence-corrected chi connectivity index (χ0v) is 18.1. The zero-order chi connectivity index (χ0) is 20.6. The van der Waals surface area contributed by atoms with Crippen LogP contribution in [0.25, 0.3) is 10.9 Å². The molecule has 0 unspecified atom stereocenters. The minimum atomic E-state index is -0.0170. The van der Waals surface area contributed by atoms with E-state index in [9.17, 15) is 4.79 Å². The molecule has 0 aliphatic carbocycles. The van der Waals surface area contributed by atoms with Crippen LogP contribution in [0.2, 0.25) is 0 Å². The van der Waals surface area contributed by atoms with Crippen LogP contribution in [-0.2, 0) is 17.6 Å². The van der Waals surface area contributed by atoms with Crippen LogP contribution in [0.1, 0.15) is 16.0 Å². The number of likely N-dealkylation sites (N-methyl/N-ethyl adjacent to an activating group) is 1. The molecule has 0 saturated heterocycles. The lowest BCUT2D eigenvalue weighted by molar-refractivity contribution is -0.127. The normalized spacial score (nSPS) is 11.6. The molecule has 0 atom stereocenters. The summed E-state index contributed by atoms with van der Waals surface area (Å²) in [4.78, 5) is 22.6. The maximum absolute atomic E-state index is 11.9. The molecular formula is C22H29N5OS. The Morgan fingerprint density at radius 2 is 1.93 bits per heavy atom. The van der Waals surface area contributed by atoms with Gasteiger partial charge in [0.25, 0.3) is 0 Å². The van der Waals surface area contributed by atoms with Crippen LogP contribution in [0.4, 0.5) is 0 Å². The third-order valence-corrected chi connectivity index (χ3v) is 5.73. The monoisotopic (exact) mass is 411 g/mol. The van der Waals surface area contributed by atoms with Gasteiger partial charge < -0.3 is 20.5 Å². The molecule has 0 fully saturated rings. The molecule has 1 aromatic carbocycles. The number of carbonyl (C=O) groups excluding carboxylic acids is 1. The van der Waals surface area contributed by atoms with Gasteiger partial charge in [0.05, 0.1) is 0 Å². The Hall–Kier alpha value is -2.80. The number of thiophene rings is 1. The summed E-state index contributed by atoms with van der Waals surface area (Å²) < 4.78 is 0. The van der Waals surface area contributed by atoms with Gasteiger partial charge in [0.2, 0.25) is 5.91 Å². The van der Waals surface area contributed by atoms with Crippen LogP contribution in [0, 0.1) is 6.92 Å². The van der Waals surface area contributed by atoms with Gasteiger partial charge in [-0.1, -0.05) is 18.2 Å². The van der Waals surface area contributed by atoms with E-state index < -0.39 is 0 Å². The molecule has 2 heterocycles. The van der Waals surface area contributed by atoms with Crippen molar-refractivity contribution in [3.05, 3.63) is 57.9 Å². The number of hydrogen-bond donors (Lipinski definition) is 3. The first-order chi connectivity index (χ1) is 14.0. The lowest BCUT2D eigenvalue weighted by Gasteiger charge is -2.13. The molecule has 0 aliphatic rings. The standard InChI is InChI=1S/C22H29N5OS/c1-16-6-4-8-19-21(16)17(14-25-19)9-11-23-22(26-15-20(28)27(2)3)24-12-10-18-7-5-13-29-18/h4-8,13-14,25H,9-12,15H2,1-3H3,(H2,23,24,26). The molecule has 7 heteroatoms. The fourth-order valence-electron chi connectivity index (χ4n) is 3.19. The van der Waals surface area contributed by atoms with Crippen molar-refractivity contribution in [3.63, 3.8) is 0 Å². The minimum absolute atomic E-state index is 0.0170. The number of aromatic amines is 1. The first-order valence-corrected chi connectivity index (χ1v) is 10.7. The molecule has 6 nitrogen and oxygen atoms in total. The first kappa shape index (κ1) is 20.9. The molecule has 0 spiro atoms. The first-order valence-electron chi connectivity index (χ1n) is 9.85. The second-order valence-corrected chi connectivity index (χ2v) is 8.23.